The highest BCUT2D eigenvalue weighted by molar-refractivity contribution is 9.12. The van der Waals surface area contributed by atoms with E-state index in [1.54, 1.807) is 6.92 Å². The number of nitrogens with zero attached hydrogens (tertiary/aromatic N) is 1. The predicted octanol–water partition coefficient (Wildman–Crippen LogP) is 2.80. The first-order chi connectivity index (χ1) is 7.15. The average Bonchev–Trinajstić information content (AvgIpc) is 2.21. The zero-order valence-electron chi connectivity index (χ0n) is 8.50. The standard InChI is InChI=1S/C9H14Br2N2O2/c1-2-15-9(14)13-12-7-5-3-4-6(10)8(7)11/h6,8H,2-5H2,1H3,(H,13,14)/b12-7+. The number of carbonyl (C=O) groups is 1. The number of hydrogen-bond acceptors (Lipinski definition) is 3. The van der Waals surface area contributed by atoms with Crippen LogP contribution < -0.4 is 5.43 Å². The highest BCUT2D eigenvalue weighted by atomic mass is 79.9. The van der Waals surface area contributed by atoms with Gasteiger partial charge >= 0.3 is 6.09 Å². The lowest BCUT2D eigenvalue weighted by Crippen LogP contribution is -2.32. The second-order valence-corrected chi connectivity index (χ2v) is 5.41. The number of rotatable bonds is 2. The third-order valence-corrected chi connectivity index (χ3v) is 4.98. The van der Waals surface area contributed by atoms with Gasteiger partial charge in [-0.2, -0.15) is 5.10 Å². The maximum Gasteiger partial charge on any atom is 0.427 e. The number of halogens is 2. The molecule has 1 fully saturated rings. The fraction of sp³-hybridized carbons (Fsp3) is 0.778. The van der Waals surface area contributed by atoms with Crippen molar-refractivity contribution in [3.8, 4) is 0 Å². The maximum atomic E-state index is 11.0. The van der Waals surface area contributed by atoms with Gasteiger partial charge in [0.15, 0.2) is 0 Å². The summed E-state index contributed by atoms with van der Waals surface area (Å²) in [5.41, 5.74) is 3.34. The summed E-state index contributed by atoms with van der Waals surface area (Å²) < 4.78 is 4.71. The fourth-order valence-electron chi connectivity index (χ4n) is 1.37. The third kappa shape index (κ3) is 4.10. The van der Waals surface area contributed by atoms with Crippen molar-refractivity contribution in [1.29, 1.82) is 0 Å². The van der Waals surface area contributed by atoms with Crippen LogP contribution in [0.1, 0.15) is 26.2 Å². The number of nitrogens with one attached hydrogen (secondary N) is 1. The highest BCUT2D eigenvalue weighted by Crippen LogP contribution is 2.28. The van der Waals surface area contributed by atoms with E-state index < -0.39 is 6.09 Å². The van der Waals surface area contributed by atoms with Crippen LogP contribution in [0.4, 0.5) is 4.79 Å². The van der Waals surface area contributed by atoms with Crippen LogP contribution in [0.5, 0.6) is 0 Å². The van der Waals surface area contributed by atoms with E-state index in [-0.39, 0.29) is 4.83 Å². The van der Waals surface area contributed by atoms with Crippen molar-refractivity contribution in [3.05, 3.63) is 0 Å². The van der Waals surface area contributed by atoms with Crippen LogP contribution in [0.15, 0.2) is 5.10 Å². The molecule has 0 bridgehead atoms. The van der Waals surface area contributed by atoms with E-state index in [0.717, 1.165) is 25.0 Å². The topological polar surface area (TPSA) is 50.7 Å². The van der Waals surface area contributed by atoms with Crippen LogP contribution >= 0.6 is 31.9 Å². The Morgan fingerprint density at radius 3 is 3.07 bits per heavy atom. The summed E-state index contributed by atoms with van der Waals surface area (Å²) in [5.74, 6) is 0. The molecule has 0 aromatic heterocycles. The van der Waals surface area contributed by atoms with E-state index in [1.165, 1.54) is 0 Å². The Labute approximate surface area is 106 Å². The van der Waals surface area contributed by atoms with Crippen LogP contribution in [0, 0.1) is 0 Å². The molecule has 2 unspecified atom stereocenters. The fourth-order valence-corrected chi connectivity index (χ4v) is 2.59. The van der Waals surface area contributed by atoms with E-state index in [0.29, 0.717) is 11.4 Å². The van der Waals surface area contributed by atoms with Gasteiger partial charge < -0.3 is 4.74 Å². The van der Waals surface area contributed by atoms with Crippen molar-refractivity contribution >= 4 is 43.7 Å². The molecular weight excluding hydrogens is 328 g/mol. The van der Waals surface area contributed by atoms with Crippen LogP contribution in [0.25, 0.3) is 0 Å². The van der Waals surface area contributed by atoms with Crippen molar-refractivity contribution < 1.29 is 9.53 Å². The molecule has 0 saturated heterocycles. The van der Waals surface area contributed by atoms with Gasteiger partial charge in [-0.15, -0.1) is 0 Å². The molecular formula is C9H14Br2N2O2. The molecule has 1 aliphatic rings. The van der Waals surface area contributed by atoms with Crippen LogP contribution in [0.2, 0.25) is 0 Å². The number of carbonyl (C=O) groups excluding carboxylic acids is 1. The minimum Gasteiger partial charge on any atom is -0.449 e. The van der Waals surface area contributed by atoms with Gasteiger partial charge in [0.25, 0.3) is 0 Å². The Balaban J connectivity index is 2.47. The van der Waals surface area contributed by atoms with Gasteiger partial charge in [0.1, 0.15) is 0 Å². The molecule has 4 nitrogen and oxygen atoms in total. The molecule has 1 amide bonds. The molecule has 0 spiro atoms. The molecule has 0 radical (unpaired) electrons. The monoisotopic (exact) mass is 340 g/mol. The van der Waals surface area contributed by atoms with E-state index in [4.69, 9.17) is 4.74 Å². The van der Waals surface area contributed by atoms with Crippen molar-refractivity contribution in [2.45, 2.75) is 35.8 Å². The Kier molecular flexibility index (Phi) is 5.60. The van der Waals surface area contributed by atoms with Crippen LogP contribution in [0.3, 0.4) is 0 Å². The molecule has 1 N–H and O–H groups in total. The van der Waals surface area contributed by atoms with Crippen molar-refractivity contribution in [2.75, 3.05) is 6.61 Å². The van der Waals surface area contributed by atoms with Crippen molar-refractivity contribution in [2.24, 2.45) is 5.10 Å². The minimum atomic E-state index is -0.499. The van der Waals surface area contributed by atoms with Gasteiger partial charge in [-0.1, -0.05) is 31.9 Å². The predicted molar refractivity (Wildman–Crippen MR) is 66.9 cm³/mol. The number of amides is 1. The molecule has 0 aliphatic heterocycles. The van der Waals surface area contributed by atoms with Crippen LogP contribution in [-0.2, 0) is 4.74 Å². The van der Waals surface area contributed by atoms with Crippen LogP contribution in [-0.4, -0.2) is 28.1 Å². The SMILES string of the molecule is CCOC(=O)N/N=C1\CCCC(Br)C1Br. The Morgan fingerprint density at radius 1 is 1.67 bits per heavy atom. The molecule has 1 saturated carbocycles. The molecule has 6 heteroatoms. The minimum absolute atomic E-state index is 0.188. The van der Waals surface area contributed by atoms with Gasteiger partial charge in [0.05, 0.1) is 17.1 Å². The first-order valence-corrected chi connectivity index (χ1v) is 6.75. The molecule has 15 heavy (non-hydrogen) atoms. The highest BCUT2D eigenvalue weighted by Gasteiger charge is 2.26. The van der Waals surface area contributed by atoms with E-state index >= 15 is 0 Å². The number of ether oxygens (including phenoxy) is 1. The van der Waals surface area contributed by atoms with Gasteiger partial charge in [-0.3, -0.25) is 0 Å². The van der Waals surface area contributed by atoms with Gasteiger partial charge in [0.2, 0.25) is 0 Å². The lowest BCUT2D eigenvalue weighted by Gasteiger charge is -2.23. The molecule has 0 aromatic carbocycles. The van der Waals surface area contributed by atoms with Gasteiger partial charge in [-0.05, 0) is 26.2 Å². The Hall–Kier alpha value is -0.100. The average molecular weight is 342 g/mol. The molecule has 1 aliphatic carbocycles. The second-order valence-electron chi connectivity index (χ2n) is 3.25. The van der Waals surface area contributed by atoms with Crippen molar-refractivity contribution in [3.63, 3.8) is 0 Å². The summed E-state index contributed by atoms with van der Waals surface area (Å²) in [5, 5.41) is 4.05. The summed E-state index contributed by atoms with van der Waals surface area (Å²) in [6.07, 6.45) is 2.61. The van der Waals surface area contributed by atoms with Gasteiger partial charge in [-0.25, -0.2) is 10.2 Å². The first kappa shape index (κ1) is 13.0. The molecule has 1 rings (SSSR count). The summed E-state index contributed by atoms with van der Waals surface area (Å²) in [7, 11) is 0. The Morgan fingerprint density at radius 2 is 2.40 bits per heavy atom. The molecule has 2 atom stereocenters. The van der Waals surface area contributed by atoms with Gasteiger partial charge in [0, 0.05) is 4.83 Å². The zero-order valence-corrected chi connectivity index (χ0v) is 11.7. The molecule has 0 aromatic rings. The number of alkyl halides is 2. The lowest BCUT2D eigenvalue weighted by atomic mass is 9.98. The quantitative estimate of drug-likeness (QED) is 0.620. The van der Waals surface area contributed by atoms with E-state index in [1.807, 2.05) is 0 Å². The van der Waals surface area contributed by atoms with E-state index in [2.05, 4.69) is 42.4 Å². The van der Waals surface area contributed by atoms with Crippen molar-refractivity contribution in [1.82, 2.24) is 5.43 Å². The Bertz CT molecular complexity index is 258. The molecule has 0 heterocycles. The smallest absolute Gasteiger partial charge is 0.427 e. The third-order valence-electron chi connectivity index (χ3n) is 2.11. The number of hydrazone groups is 1. The normalized spacial score (nSPS) is 28.9. The van der Waals surface area contributed by atoms with E-state index in [9.17, 15) is 4.79 Å². The number of hydrogen-bond donors (Lipinski definition) is 1. The first-order valence-electron chi connectivity index (χ1n) is 4.92. The summed E-state index contributed by atoms with van der Waals surface area (Å²) in [4.78, 5) is 11.6. The molecule has 86 valence electrons. The zero-order chi connectivity index (χ0) is 11.3. The second kappa shape index (κ2) is 6.48. The summed E-state index contributed by atoms with van der Waals surface area (Å²) in [6, 6.07) is 0. The maximum absolute atomic E-state index is 11.0. The largest absolute Gasteiger partial charge is 0.449 e. The summed E-state index contributed by atoms with van der Waals surface area (Å²) >= 11 is 7.10. The summed E-state index contributed by atoms with van der Waals surface area (Å²) in [6.45, 7) is 2.12. The lowest BCUT2D eigenvalue weighted by molar-refractivity contribution is 0.152.